The van der Waals surface area contributed by atoms with E-state index >= 15 is 0 Å². The van der Waals surface area contributed by atoms with Crippen molar-refractivity contribution in [2.45, 2.75) is 24.7 Å². The number of halogens is 12. The molecular weight excluding hydrogens is 1090 g/mol. The van der Waals surface area contributed by atoms with Crippen molar-refractivity contribution in [1.82, 2.24) is 34.5 Å². The zero-order valence-electron chi connectivity index (χ0n) is 42.4. The number of alkyl halides is 12. The van der Waals surface area contributed by atoms with Crippen LogP contribution < -0.4 is 0 Å². The van der Waals surface area contributed by atoms with Crippen LogP contribution >= 0.6 is 0 Å². The molecule has 0 amide bonds. The van der Waals surface area contributed by atoms with Gasteiger partial charge in [0, 0.05) is 44.2 Å². The van der Waals surface area contributed by atoms with Gasteiger partial charge >= 0.3 is 24.7 Å². The first-order valence-electron chi connectivity index (χ1n) is 25.2. The number of fused-ring (bicyclic) bond motifs is 3. The molecular formula is C64H35F12N7. The van der Waals surface area contributed by atoms with Gasteiger partial charge in [-0.15, -0.1) is 0 Å². The van der Waals surface area contributed by atoms with E-state index in [4.69, 9.17) is 29.9 Å². The van der Waals surface area contributed by atoms with Crippen molar-refractivity contribution in [2.75, 3.05) is 0 Å². The molecule has 0 N–H and O–H groups in total. The molecule has 12 rings (SSSR count). The first kappa shape index (κ1) is 53.6. The summed E-state index contributed by atoms with van der Waals surface area (Å²) < 4.78 is 175. The van der Waals surface area contributed by atoms with Gasteiger partial charge in [0.25, 0.3) is 0 Å². The van der Waals surface area contributed by atoms with Crippen LogP contribution in [0.3, 0.4) is 0 Å². The van der Waals surface area contributed by atoms with E-state index in [9.17, 15) is 52.7 Å². The minimum Gasteiger partial charge on any atom is -0.308 e. The fourth-order valence-corrected chi connectivity index (χ4v) is 9.95. The SMILES string of the molecule is FC(F)(F)c1ccc(-c2ccc3c(c2)c2cc(-c4ccc(C(F)(F)F)cc4C(F)(F)F)ccc2n3-c2ccc(-c3nc(-c4ccccc4)nc(-c4ccccc4)n3)cc2-c2nc(-c3ccccc3)nc(-c3ccccc3)n2)c(C(F)(F)F)c1. The molecule has 3 aromatic heterocycles. The van der Waals surface area contributed by atoms with Gasteiger partial charge in [0.05, 0.1) is 39.0 Å². The van der Waals surface area contributed by atoms with E-state index in [1.807, 2.05) is 72.8 Å². The summed E-state index contributed by atoms with van der Waals surface area (Å²) in [4.78, 5) is 29.7. The lowest BCUT2D eigenvalue weighted by atomic mass is 9.94. The molecule has 0 fully saturated rings. The van der Waals surface area contributed by atoms with Gasteiger partial charge in [-0.2, -0.15) is 52.7 Å². The predicted octanol–water partition coefficient (Wildman–Crippen LogP) is 18.6. The zero-order valence-corrected chi connectivity index (χ0v) is 42.4. The summed E-state index contributed by atoms with van der Waals surface area (Å²) in [6.07, 6.45) is -20.9. The maximum Gasteiger partial charge on any atom is 0.417 e. The Hall–Kier alpha value is -10.0. The lowest BCUT2D eigenvalue weighted by molar-refractivity contribution is -0.144. The minimum atomic E-state index is -5.30. The predicted molar refractivity (Wildman–Crippen MR) is 291 cm³/mol. The smallest absolute Gasteiger partial charge is 0.308 e. The van der Waals surface area contributed by atoms with Crippen LogP contribution in [0, 0.1) is 0 Å². The van der Waals surface area contributed by atoms with Crippen molar-refractivity contribution in [2.24, 2.45) is 0 Å². The number of aromatic nitrogens is 7. The number of nitrogens with zero attached hydrogens (tertiary/aromatic N) is 7. The van der Waals surface area contributed by atoms with E-state index in [0.29, 0.717) is 63.7 Å². The molecule has 12 aromatic rings. The number of hydrogen-bond acceptors (Lipinski definition) is 6. The molecule has 0 saturated heterocycles. The maximum absolute atomic E-state index is 14.9. The fourth-order valence-electron chi connectivity index (χ4n) is 9.95. The maximum atomic E-state index is 14.9. The summed E-state index contributed by atoms with van der Waals surface area (Å²) in [7, 11) is 0. The lowest BCUT2D eigenvalue weighted by Crippen LogP contribution is -2.12. The molecule has 410 valence electrons. The van der Waals surface area contributed by atoms with E-state index in [-0.39, 0.29) is 79.6 Å². The van der Waals surface area contributed by atoms with Crippen molar-refractivity contribution in [1.29, 1.82) is 0 Å². The van der Waals surface area contributed by atoms with Crippen LogP contribution in [0.4, 0.5) is 52.7 Å². The normalized spacial score (nSPS) is 12.3. The zero-order chi connectivity index (χ0) is 58.0. The van der Waals surface area contributed by atoms with Crippen molar-refractivity contribution in [3.05, 3.63) is 235 Å². The summed E-state index contributed by atoms with van der Waals surface area (Å²) in [5, 5.41) is 0.178. The third-order valence-corrected chi connectivity index (χ3v) is 13.8. The highest BCUT2D eigenvalue weighted by Gasteiger charge is 2.40. The van der Waals surface area contributed by atoms with Crippen molar-refractivity contribution in [3.63, 3.8) is 0 Å². The third-order valence-electron chi connectivity index (χ3n) is 13.8. The second-order valence-electron chi connectivity index (χ2n) is 19.1. The highest BCUT2D eigenvalue weighted by Crippen LogP contribution is 2.47. The highest BCUT2D eigenvalue weighted by atomic mass is 19.4. The number of hydrogen-bond donors (Lipinski definition) is 0. The fraction of sp³-hybridized carbons (Fsp3) is 0.0625. The molecule has 0 aliphatic carbocycles. The van der Waals surface area contributed by atoms with E-state index in [2.05, 4.69) is 0 Å². The summed E-state index contributed by atoms with van der Waals surface area (Å²) in [6.45, 7) is 0. The van der Waals surface area contributed by atoms with E-state index in [0.717, 1.165) is 0 Å². The van der Waals surface area contributed by atoms with Crippen molar-refractivity contribution >= 4 is 21.8 Å². The molecule has 83 heavy (non-hydrogen) atoms. The number of benzene rings is 9. The van der Waals surface area contributed by atoms with E-state index in [1.165, 1.54) is 36.4 Å². The largest absolute Gasteiger partial charge is 0.417 e. The molecule has 0 aliphatic rings. The molecule has 0 bridgehead atoms. The van der Waals surface area contributed by atoms with Crippen LogP contribution in [-0.4, -0.2) is 34.5 Å². The molecule has 0 saturated carbocycles. The van der Waals surface area contributed by atoms with Gasteiger partial charge in [-0.1, -0.05) is 146 Å². The molecule has 0 spiro atoms. The Kier molecular flexibility index (Phi) is 13.2. The Morgan fingerprint density at radius 2 is 0.578 bits per heavy atom. The summed E-state index contributed by atoms with van der Waals surface area (Å²) in [6, 6.07) is 51.8. The average molecular weight is 1130 g/mol. The van der Waals surface area contributed by atoms with Crippen LogP contribution in [0.25, 0.3) is 118 Å². The molecule has 0 radical (unpaired) electrons. The van der Waals surface area contributed by atoms with Gasteiger partial charge < -0.3 is 4.57 Å². The standard InChI is InChI=1S/C64H35F12N7/c65-61(66,67)43-24-26-45(50(34-43)63(71,72)73)40-21-28-52-47(31-40)48-32-41(46-27-25-44(62(68,69)70)35-51(46)64(74,75)76)22-29-53(48)83(52)54-30-23-42(59-79-55(36-13-5-1-6-14-36)77-56(80-59)37-15-7-2-8-16-37)33-49(54)60-81-57(38-17-9-3-10-18-38)78-58(82-60)39-19-11-4-12-20-39/h1-35H. The van der Waals surface area contributed by atoms with Gasteiger partial charge in [-0.3, -0.25) is 0 Å². The molecule has 0 aliphatic heterocycles. The Bertz CT molecular complexity index is 4180. The van der Waals surface area contributed by atoms with E-state index in [1.54, 1.807) is 71.3 Å². The van der Waals surface area contributed by atoms with Crippen LogP contribution in [-0.2, 0) is 24.7 Å². The Morgan fingerprint density at radius 1 is 0.253 bits per heavy atom. The molecule has 3 heterocycles. The van der Waals surface area contributed by atoms with Gasteiger partial charge in [0.15, 0.2) is 34.9 Å². The summed E-state index contributed by atoms with van der Waals surface area (Å²) in [5.41, 5.74) is -4.13. The van der Waals surface area contributed by atoms with Gasteiger partial charge in [-0.25, -0.2) is 29.9 Å². The monoisotopic (exact) mass is 1130 g/mol. The third kappa shape index (κ3) is 10.5. The molecule has 7 nitrogen and oxygen atoms in total. The van der Waals surface area contributed by atoms with Crippen LogP contribution in [0.15, 0.2) is 212 Å². The lowest BCUT2D eigenvalue weighted by Gasteiger charge is -2.17. The van der Waals surface area contributed by atoms with E-state index < -0.39 is 58.1 Å². The first-order chi connectivity index (χ1) is 39.7. The highest BCUT2D eigenvalue weighted by molar-refractivity contribution is 6.12. The molecule has 9 aromatic carbocycles. The van der Waals surface area contributed by atoms with Crippen LogP contribution in [0.5, 0.6) is 0 Å². The topological polar surface area (TPSA) is 82.3 Å². The second-order valence-corrected chi connectivity index (χ2v) is 19.1. The quantitative estimate of drug-likeness (QED) is 0.134. The van der Waals surface area contributed by atoms with Crippen LogP contribution in [0.1, 0.15) is 22.3 Å². The van der Waals surface area contributed by atoms with Crippen molar-refractivity contribution < 1.29 is 52.7 Å². The van der Waals surface area contributed by atoms with Gasteiger partial charge in [-0.05, 0) is 89.0 Å². The summed E-state index contributed by atoms with van der Waals surface area (Å²) >= 11 is 0. The molecule has 19 heteroatoms. The van der Waals surface area contributed by atoms with Crippen LogP contribution in [0.2, 0.25) is 0 Å². The number of rotatable bonds is 9. The summed E-state index contributed by atoms with van der Waals surface area (Å²) in [5.74, 6) is 1.43. The van der Waals surface area contributed by atoms with Crippen molar-refractivity contribution in [3.8, 4) is 96.3 Å². The van der Waals surface area contributed by atoms with Gasteiger partial charge in [0.1, 0.15) is 0 Å². The Balaban J connectivity index is 1.17. The minimum absolute atomic E-state index is 0.00172. The van der Waals surface area contributed by atoms with Gasteiger partial charge in [0.2, 0.25) is 0 Å². The Morgan fingerprint density at radius 3 is 0.916 bits per heavy atom. The molecule has 0 atom stereocenters. The second kappa shape index (κ2) is 20.5. The average Bonchev–Trinajstić information content (AvgIpc) is 2.02. The molecule has 0 unspecified atom stereocenters. The first-order valence-corrected chi connectivity index (χ1v) is 25.2. The Labute approximate surface area is 462 Å².